The summed E-state index contributed by atoms with van der Waals surface area (Å²) in [5.74, 6) is 1.18. The van der Waals surface area contributed by atoms with Gasteiger partial charge >= 0.3 is 0 Å². The molecule has 206 valence electrons. The van der Waals surface area contributed by atoms with Crippen LogP contribution in [0.1, 0.15) is 35.1 Å². The molecule has 1 saturated heterocycles. The van der Waals surface area contributed by atoms with Gasteiger partial charge in [-0.05, 0) is 104 Å². The summed E-state index contributed by atoms with van der Waals surface area (Å²) < 4.78 is 6.27. The first-order chi connectivity index (χ1) is 20.6. The smallest absolute Gasteiger partial charge is 0.227 e. The molecule has 4 heterocycles. The minimum atomic E-state index is 0.518. The van der Waals surface area contributed by atoms with Crippen molar-refractivity contribution in [1.82, 2.24) is 24.8 Å². The number of hydrogen-bond donors (Lipinski definition) is 1. The topological polar surface area (TPSA) is 104 Å². The van der Waals surface area contributed by atoms with Crippen molar-refractivity contribution in [1.29, 1.82) is 5.26 Å². The SMILES string of the molecule is Cc1c(Nc2ncnc3cccnc23)cccc1-c1cccc(-c2nc3cc(CN4CCCC4)cc(C#N)c3o2)c1C. The zero-order valence-corrected chi connectivity index (χ0v) is 23.6. The van der Waals surface area contributed by atoms with Crippen LogP contribution in [0.4, 0.5) is 11.5 Å². The molecule has 1 fully saturated rings. The summed E-state index contributed by atoms with van der Waals surface area (Å²) in [6.07, 6.45) is 5.75. The Morgan fingerprint density at radius 2 is 1.67 bits per heavy atom. The molecule has 0 bridgehead atoms. The second-order valence-corrected chi connectivity index (χ2v) is 10.8. The van der Waals surface area contributed by atoms with Crippen LogP contribution in [0, 0.1) is 25.2 Å². The van der Waals surface area contributed by atoms with E-state index < -0.39 is 0 Å². The molecule has 8 heteroatoms. The van der Waals surface area contributed by atoms with E-state index in [-0.39, 0.29) is 0 Å². The number of hydrogen-bond acceptors (Lipinski definition) is 8. The monoisotopic (exact) mass is 551 g/mol. The van der Waals surface area contributed by atoms with E-state index in [4.69, 9.17) is 9.40 Å². The van der Waals surface area contributed by atoms with Crippen LogP contribution < -0.4 is 5.32 Å². The van der Waals surface area contributed by atoms with Crippen LogP contribution in [-0.2, 0) is 6.54 Å². The highest BCUT2D eigenvalue weighted by Crippen LogP contribution is 2.37. The van der Waals surface area contributed by atoms with Crippen molar-refractivity contribution >= 4 is 33.6 Å². The average molecular weight is 552 g/mol. The third-order valence-electron chi connectivity index (χ3n) is 8.11. The summed E-state index contributed by atoms with van der Waals surface area (Å²) in [5.41, 5.74) is 10.5. The lowest BCUT2D eigenvalue weighted by atomic mass is 9.93. The lowest BCUT2D eigenvalue weighted by molar-refractivity contribution is 0.331. The molecule has 1 N–H and O–H groups in total. The second kappa shape index (κ2) is 10.7. The molecule has 0 spiro atoms. The van der Waals surface area contributed by atoms with Crippen LogP contribution in [0.5, 0.6) is 0 Å². The van der Waals surface area contributed by atoms with Gasteiger partial charge in [-0.25, -0.2) is 15.0 Å². The van der Waals surface area contributed by atoms with Crippen LogP contribution in [0.15, 0.2) is 77.6 Å². The van der Waals surface area contributed by atoms with Gasteiger partial charge in [0.25, 0.3) is 0 Å². The molecule has 0 unspecified atom stereocenters. The highest BCUT2D eigenvalue weighted by Gasteiger charge is 2.19. The van der Waals surface area contributed by atoms with Gasteiger partial charge < -0.3 is 9.73 Å². The molecule has 0 aliphatic carbocycles. The summed E-state index contributed by atoms with van der Waals surface area (Å²) in [5, 5.41) is 13.4. The minimum Gasteiger partial charge on any atom is -0.435 e. The Labute approximate surface area is 243 Å². The summed E-state index contributed by atoms with van der Waals surface area (Å²) in [6.45, 7) is 7.20. The van der Waals surface area contributed by atoms with Gasteiger partial charge in [0.2, 0.25) is 5.89 Å². The predicted octanol–water partition coefficient (Wildman–Crippen LogP) is 7.33. The van der Waals surface area contributed by atoms with Gasteiger partial charge in [0, 0.05) is 24.0 Å². The largest absolute Gasteiger partial charge is 0.435 e. The molecule has 0 radical (unpaired) electrons. The molecule has 42 heavy (non-hydrogen) atoms. The molecule has 6 aromatic rings. The predicted molar refractivity (Wildman–Crippen MR) is 164 cm³/mol. The number of nitriles is 1. The number of pyridine rings is 1. The number of aromatic nitrogens is 4. The third kappa shape index (κ3) is 4.64. The average Bonchev–Trinajstić information content (AvgIpc) is 3.68. The third-order valence-corrected chi connectivity index (χ3v) is 8.11. The van der Waals surface area contributed by atoms with Crippen molar-refractivity contribution in [3.63, 3.8) is 0 Å². The van der Waals surface area contributed by atoms with E-state index in [1.165, 1.54) is 12.8 Å². The van der Waals surface area contributed by atoms with E-state index in [2.05, 4.69) is 63.3 Å². The molecule has 8 nitrogen and oxygen atoms in total. The molecule has 0 saturated carbocycles. The molecule has 3 aromatic heterocycles. The summed E-state index contributed by atoms with van der Waals surface area (Å²) >= 11 is 0. The Morgan fingerprint density at radius 3 is 2.50 bits per heavy atom. The molecular weight excluding hydrogens is 522 g/mol. The maximum atomic E-state index is 9.90. The first-order valence-electron chi connectivity index (χ1n) is 14.2. The quantitative estimate of drug-likeness (QED) is 0.229. The van der Waals surface area contributed by atoms with Crippen LogP contribution in [-0.4, -0.2) is 37.9 Å². The van der Waals surface area contributed by atoms with Crippen LogP contribution >= 0.6 is 0 Å². The minimum absolute atomic E-state index is 0.518. The number of nitrogens with one attached hydrogen (secondary N) is 1. The van der Waals surface area contributed by atoms with Gasteiger partial charge in [-0.3, -0.25) is 9.88 Å². The molecule has 0 atom stereocenters. The van der Waals surface area contributed by atoms with Crippen LogP contribution in [0.25, 0.3) is 44.7 Å². The van der Waals surface area contributed by atoms with Gasteiger partial charge in [0.15, 0.2) is 11.4 Å². The van der Waals surface area contributed by atoms with Crippen molar-refractivity contribution in [2.75, 3.05) is 18.4 Å². The van der Waals surface area contributed by atoms with Gasteiger partial charge in [0.05, 0.1) is 11.1 Å². The van der Waals surface area contributed by atoms with Crippen molar-refractivity contribution in [2.24, 2.45) is 0 Å². The zero-order chi connectivity index (χ0) is 28.6. The van der Waals surface area contributed by atoms with Gasteiger partial charge in [-0.1, -0.05) is 24.3 Å². The van der Waals surface area contributed by atoms with Crippen molar-refractivity contribution in [2.45, 2.75) is 33.2 Å². The van der Waals surface area contributed by atoms with Crippen molar-refractivity contribution in [3.8, 4) is 28.7 Å². The van der Waals surface area contributed by atoms with E-state index in [9.17, 15) is 5.26 Å². The van der Waals surface area contributed by atoms with Gasteiger partial charge in [-0.15, -0.1) is 0 Å². The van der Waals surface area contributed by atoms with E-state index in [0.29, 0.717) is 22.9 Å². The maximum absolute atomic E-state index is 9.90. The Kier molecular flexibility index (Phi) is 6.57. The van der Waals surface area contributed by atoms with Gasteiger partial charge in [-0.2, -0.15) is 5.26 Å². The number of oxazole rings is 1. The maximum Gasteiger partial charge on any atom is 0.227 e. The summed E-state index contributed by atoms with van der Waals surface area (Å²) in [6, 6.07) is 22.5. The molecular formula is C34H29N7O. The Hall–Kier alpha value is -5.13. The standard InChI is InChI=1S/C34H29N7O/c1-21-25(26-9-6-11-28(22(26)2)39-33-31-29(37-20-38-33)12-7-13-36-31)8-5-10-27(21)34-40-30-17-23(19-41-14-3-4-15-41)16-24(18-35)32(30)42-34/h5-13,16-17,20H,3-4,14-15,19H2,1-2H3,(H,37,38,39). The van der Waals surface area contributed by atoms with Gasteiger partial charge in [0.1, 0.15) is 23.4 Å². The second-order valence-electron chi connectivity index (χ2n) is 10.8. The Morgan fingerprint density at radius 1 is 0.881 bits per heavy atom. The molecule has 1 aliphatic rings. The molecule has 0 amide bonds. The first kappa shape index (κ1) is 25.8. The highest BCUT2D eigenvalue weighted by atomic mass is 16.3. The number of likely N-dealkylation sites (tertiary alicyclic amines) is 1. The fourth-order valence-electron chi connectivity index (χ4n) is 5.91. The number of benzene rings is 3. The number of nitrogens with zero attached hydrogens (tertiary/aromatic N) is 6. The lowest BCUT2D eigenvalue weighted by Crippen LogP contribution is -2.18. The molecule has 1 aliphatic heterocycles. The van der Waals surface area contributed by atoms with E-state index >= 15 is 0 Å². The number of rotatable bonds is 6. The zero-order valence-electron chi connectivity index (χ0n) is 23.6. The normalized spacial score (nSPS) is 13.5. The van der Waals surface area contributed by atoms with Crippen molar-refractivity contribution in [3.05, 3.63) is 95.4 Å². The fourth-order valence-corrected chi connectivity index (χ4v) is 5.91. The first-order valence-corrected chi connectivity index (χ1v) is 14.2. The van der Waals surface area contributed by atoms with Crippen molar-refractivity contribution < 1.29 is 4.42 Å². The van der Waals surface area contributed by atoms with E-state index in [0.717, 1.165) is 75.3 Å². The van der Waals surface area contributed by atoms with Crippen LogP contribution in [0.2, 0.25) is 0 Å². The highest BCUT2D eigenvalue weighted by molar-refractivity contribution is 5.89. The Balaban J connectivity index is 1.25. The molecule has 7 rings (SSSR count). The van der Waals surface area contributed by atoms with E-state index in [1.54, 1.807) is 12.5 Å². The summed E-state index contributed by atoms with van der Waals surface area (Å²) in [7, 11) is 0. The number of anilines is 2. The van der Waals surface area contributed by atoms with E-state index in [1.807, 2.05) is 42.5 Å². The summed E-state index contributed by atoms with van der Waals surface area (Å²) in [4.78, 5) is 20.6. The van der Waals surface area contributed by atoms with Crippen LogP contribution in [0.3, 0.4) is 0 Å². The fraction of sp³-hybridized carbons (Fsp3) is 0.206. The number of fused-ring (bicyclic) bond motifs is 2. The lowest BCUT2D eigenvalue weighted by Gasteiger charge is -2.16. The molecule has 3 aromatic carbocycles. The Bertz CT molecular complexity index is 1990.